The van der Waals surface area contributed by atoms with Crippen molar-refractivity contribution in [2.24, 2.45) is 5.41 Å². The van der Waals surface area contributed by atoms with Crippen LogP contribution in [0.15, 0.2) is 0 Å². The van der Waals surface area contributed by atoms with E-state index in [0.29, 0.717) is 12.1 Å². The van der Waals surface area contributed by atoms with Crippen molar-refractivity contribution in [1.29, 1.82) is 0 Å². The molecule has 1 aliphatic rings. The van der Waals surface area contributed by atoms with Crippen LogP contribution in [0, 0.1) is 5.41 Å². The van der Waals surface area contributed by atoms with Crippen molar-refractivity contribution < 1.29 is 14.2 Å². The monoisotopic (exact) mass is 231 g/mol. The van der Waals surface area contributed by atoms with Crippen LogP contribution in [-0.2, 0) is 14.2 Å². The van der Waals surface area contributed by atoms with Gasteiger partial charge in [0.2, 0.25) is 0 Å². The van der Waals surface area contributed by atoms with E-state index in [1.165, 1.54) is 0 Å². The van der Waals surface area contributed by atoms with Gasteiger partial charge in [-0.1, -0.05) is 13.8 Å². The molecule has 1 N–H and O–H groups in total. The maximum absolute atomic E-state index is 5.42. The highest BCUT2D eigenvalue weighted by Crippen LogP contribution is 2.42. The summed E-state index contributed by atoms with van der Waals surface area (Å²) in [5, 5.41) is 3.54. The Kier molecular flexibility index (Phi) is 4.73. The second kappa shape index (κ2) is 5.45. The fourth-order valence-corrected chi connectivity index (χ4v) is 2.47. The quantitative estimate of drug-likeness (QED) is 0.701. The number of methoxy groups -OCH3 is 3. The predicted molar refractivity (Wildman–Crippen MR) is 63.4 cm³/mol. The molecule has 0 heterocycles. The van der Waals surface area contributed by atoms with Gasteiger partial charge in [-0.05, 0) is 13.3 Å². The first-order valence-electron chi connectivity index (χ1n) is 5.81. The van der Waals surface area contributed by atoms with Crippen LogP contribution >= 0.6 is 0 Å². The molecule has 0 aromatic carbocycles. The molecule has 0 radical (unpaired) electrons. The zero-order valence-corrected chi connectivity index (χ0v) is 11.2. The number of hydrogen-bond acceptors (Lipinski definition) is 4. The molecule has 3 unspecified atom stereocenters. The van der Waals surface area contributed by atoms with Crippen LogP contribution in [0.25, 0.3) is 0 Å². The zero-order valence-electron chi connectivity index (χ0n) is 11.2. The Morgan fingerprint density at radius 1 is 1.19 bits per heavy atom. The molecule has 0 bridgehead atoms. The first-order valence-corrected chi connectivity index (χ1v) is 5.81. The lowest BCUT2D eigenvalue weighted by Gasteiger charge is -2.52. The van der Waals surface area contributed by atoms with Gasteiger partial charge in [0.15, 0.2) is 6.29 Å². The minimum Gasteiger partial charge on any atom is -0.381 e. The van der Waals surface area contributed by atoms with Crippen molar-refractivity contribution in [2.45, 2.75) is 51.7 Å². The summed E-state index contributed by atoms with van der Waals surface area (Å²) in [7, 11) is 5.10. The van der Waals surface area contributed by atoms with Crippen LogP contribution < -0.4 is 5.32 Å². The van der Waals surface area contributed by atoms with Crippen molar-refractivity contribution in [3.63, 3.8) is 0 Å². The number of ether oxygens (including phenoxy) is 3. The normalized spacial score (nSPS) is 30.2. The van der Waals surface area contributed by atoms with Crippen LogP contribution in [-0.4, -0.2) is 45.8 Å². The molecule has 0 aromatic rings. The first-order chi connectivity index (χ1) is 7.47. The van der Waals surface area contributed by atoms with Crippen molar-refractivity contribution in [1.82, 2.24) is 5.32 Å². The van der Waals surface area contributed by atoms with E-state index in [1.54, 1.807) is 21.3 Å². The maximum atomic E-state index is 5.42. The van der Waals surface area contributed by atoms with Gasteiger partial charge in [-0.3, -0.25) is 0 Å². The lowest BCUT2D eigenvalue weighted by molar-refractivity contribution is -0.141. The van der Waals surface area contributed by atoms with Gasteiger partial charge in [0, 0.05) is 32.8 Å². The summed E-state index contributed by atoms with van der Waals surface area (Å²) in [4.78, 5) is 0. The first kappa shape index (κ1) is 13.9. The lowest BCUT2D eigenvalue weighted by atomic mass is 9.64. The topological polar surface area (TPSA) is 39.7 Å². The molecule has 4 heteroatoms. The van der Waals surface area contributed by atoms with Crippen molar-refractivity contribution >= 4 is 0 Å². The molecule has 0 spiro atoms. The minimum atomic E-state index is -0.197. The second-order valence-corrected chi connectivity index (χ2v) is 5.13. The molecule has 1 saturated carbocycles. The van der Waals surface area contributed by atoms with Crippen LogP contribution in [0.4, 0.5) is 0 Å². The Bertz CT molecular complexity index is 216. The maximum Gasteiger partial charge on any atom is 0.171 e. The molecule has 0 aromatic heterocycles. The van der Waals surface area contributed by atoms with Gasteiger partial charge in [0.25, 0.3) is 0 Å². The Hall–Kier alpha value is -0.160. The third kappa shape index (κ3) is 2.56. The van der Waals surface area contributed by atoms with Gasteiger partial charge in [-0.2, -0.15) is 0 Å². The summed E-state index contributed by atoms with van der Waals surface area (Å²) >= 11 is 0. The average Bonchev–Trinajstić information content (AvgIpc) is 2.25. The van der Waals surface area contributed by atoms with Crippen LogP contribution in [0.5, 0.6) is 0 Å². The van der Waals surface area contributed by atoms with Gasteiger partial charge in [-0.15, -0.1) is 0 Å². The third-order valence-electron chi connectivity index (χ3n) is 3.80. The van der Waals surface area contributed by atoms with Crippen molar-refractivity contribution in [3.8, 4) is 0 Å². The van der Waals surface area contributed by atoms with E-state index in [-0.39, 0.29) is 17.7 Å². The van der Waals surface area contributed by atoms with E-state index in [2.05, 4.69) is 26.1 Å². The average molecular weight is 231 g/mol. The van der Waals surface area contributed by atoms with Gasteiger partial charge < -0.3 is 19.5 Å². The highest BCUT2D eigenvalue weighted by molar-refractivity contribution is 5.03. The largest absolute Gasteiger partial charge is 0.381 e. The number of nitrogens with one attached hydrogen (secondary N) is 1. The summed E-state index contributed by atoms with van der Waals surface area (Å²) in [6.07, 6.45) is 1.20. The Balaban J connectivity index is 2.45. The van der Waals surface area contributed by atoms with Gasteiger partial charge in [-0.25, -0.2) is 0 Å². The molecular weight excluding hydrogens is 206 g/mol. The molecule has 0 aliphatic heterocycles. The smallest absolute Gasteiger partial charge is 0.171 e. The summed E-state index contributed by atoms with van der Waals surface area (Å²) in [5.74, 6) is 0. The summed E-state index contributed by atoms with van der Waals surface area (Å²) in [6, 6.07) is 0.636. The number of hydrogen-bond donors (Lipinski definition) is 1. The fraction of sp³-hybridized carbons (Fsp3) is 1.00. The summed E-state index contributed by atoms with van der Waals surface area (Å²) in [6.45, 7) is 6.53. The highest BCUT2D eigenvalue weighted by atomic mass is 16.7. The lowest BCUT2D eigenvalue weighted by Crippen LogP contribution is -2.63. The van der Waals surface area contributed by atoms with Crippen molar-refractivity contribution in [3.05, 3.63) is 0 Å². The van der Waals surface area contributed by atoms with E-state index in [9.17, 15) is 0 Å². The van der Waals surface area contributed by atoms with Crippen LogP contribution in [0.1, 0.15) is 27.2 Å². The zero-order chi connectivity index (χ0) is 12.3. The SMILES string of the molecule is COC(OC)C(C)NC1CC(OC)C1(C)C. The number of rotatable bonds is 6. The molecule has 1 fully saturated rings. The molecule has 0 amide bonds. The molecule has 16 heavy (non-hydrogen) atoms. The molecule has 3 atom stereocenters. The van der Waals surface area contributed by atoms with Crippen molar-refractivity contribution in [2.75, 3.05) is 21.3 Å². The van der Waals surface area contributed by atoms with E-state index >= 15 is 0 Å². The Morgan fingerprint density at radius 3 is 2.12 bits per heavy atom. The van der Waals surface area contributed by atoms with E-state index in [1.807, 2.05) is 0 Å². The van der Waals surface area contributed by atoms with E-state index in [4.69, 9.17) is 14.2 Å². The molecule has 1 rings (SSSR count). The Labute approximate surface area is 98.6 Å². The molecule has 1 aliphatic carbocycles. The van der Waals surface area contributed by atoms with Crippen LogP contribution in [0.2, 0.25) is 0 Å². The molecule has 0 saturated heterocycles. The van der Waals surface area contributed by atoms with Gasteiger partial charge in [0.1, 0.15) is 0 Å². The summed E-state index contributed by atoms with van der Waals surface area (Å²) in [5.41, 5.74) is 0.176. The molecular formula is C12H25NO3. The third-order valence-corrected chi connectivity index (χ3v) is 3.80. The summed E-state index contributed by atoms with van der Waals surface area (Å²) < 4.78 is 15.9. The minimum absolute atomic E-state index is 0.176. The van der Waals surface area contributed by atoms with Gasteiger partial charge >= 0.3 is 0 Å². The molecule has 4 nitrogen and oxygen atoms in total. The van der Waals surface area contributed by atoms with E-state index in [0.717, 1.165) is 6.42 Å². The highest BCUT2D eigenvalue weighted by Gasteiger charge is 2.49. The van der Waals surface area contributed by atoms with Crippen LogP contribution in [0.3, 0.4) is 0 Å². The Morgan fingerprint density at radius 2 is 1.75 bits per heavy atom. The molecule has 96 valence electrons. The fourth-order valence-electron chi connectivity index (χ4n) is 2.47. The van der Waals surface area contributed by atoms with Gasteiger partial charge in [0.05, 0.1) is 12.1 Å². The van der Waals surface area contributed by atoms with E-state index < -0.39 is 0 Å². The second-order valence-electron chi connectivity index (χ2n) is 5.13. The standard InChI is InChI=1S/C12H25NO3/c1-8(11(15-5)16-6)13-9-7-10(14-4)12(9,2)3/h8-11,13H,7H2,1-6H3. The predicted octanol–water partition coefficient (Wildman–Crippen LogP) is 1.40.